The number of methoxy groups -OCH3 is 1. The van der Waals surface area contributed by atoms with Crippen LogP contribution in [-0.4, -0.2) is 29.6 Å². The third kappa shape index (κ3) is 6.98. The van der Waals surface area contributed by atoms with E-state index in [1.165, 1.54) is 4.68 Å². The predicted octanol–water partition coefficient (Wildman–Crippen LogP) is 10.2. The van der Waals surface area contributed by atoms with E-state index in [9.17, 15) is 4.79 Å². The lowest BCUT2D eigenvalue weighted by atomic mass is 9.96. The minimum atomic E-state index is -0.293. The number of benzene rings is 4. The topological polar surface area (TPSA) is 74.9 Å². The van der Waals surface area contributed by atoms with Gasteiger partial charge < -0.3 is 14.2 Å². The minimum Gasteiger partial charge on any atom is -0.494 e. The summed E-state index contributed by atoms with van der Waals surface area (Å²) < 4.78 is 20.4. The second kappa shape index (κ2) is 14.6. The minimum absolute atomic E-state index is 0.183. The molecule has 5 aromatic rings. The number of para-hydroxylation sites is 1. The number of fused-ring (bicyclic) bond motifs is 1. The monoisotopic (exact) mass is 785 g/mol. The van der Waals surface area contributed by atoms with Crippen LogP contribution >= 0.6 is 55.1 Å². The van der Waals surface area contributed by atoms with Crippen molar-refractivity contribution in [1.29, 1.82) is 0 Å². The van der Waals surface area contributed by atoms with Gasteiger partial charge in [0.1, 0.15) is 12.4 Å². The molecule has 238 valence electrons. The van der Waals surface area contributed by atoms with Crippen molar-refractivity contribution in [3.8, 4) is 28.6 Å². The molecule has 11 heteroatoms. The number of aryl methyl sites for hydroxylation is 1. The van der Waals surface area contributed by atoms with Crippen molar-refractivity contribution >= 4 is 72.2 Å². The van der Waals surface area contributed by atoms with Gasteiger partial charge in [-0.05, 0) is 105 Å². The predicted molar refractivity (Wildman–Crippen MR) is 194 cm³/mol. The van der Waals surface area contributed by atoms with Gasteiger partial charge in [0.2, 0.25) is 0 Å². The fourth-order valence-corrected chi connectivity index (χ4v) is 6.37. The van der Waals surface area contributed by atoms with Gasteiger partial charge in [-0.1, -0.05) is 55.2 Å². The van der Waals surface area contributed by atoms with Crippen molar-refractivity contribution in [3.05, 3.63) is 112 Å². The highest BCUT2D eigenvalue weighted by molar-refractivity contribution is 9.13. The molecule has 0 saturated carbocycles. The van der Waals surface area contributed by atoms with Crippen molar-refractivity contribution < 1.29 is 14.2 Å². The lowest BCUT2D eigenvalue weighted by molar-refractivity contribution is 0.282. The number of hydrogen-bond acceptors (Lipinski definition) is 6. The van der Waals surface area contributed by atoms with E-state index in [4.69, 9.17) is 47.5 Å². The highest BCUT2D eigenvalue weighted by Crippen LogP contribution is 2.43. The first-order valence-corrected chi connectivity index (χ1v) is 16.8. The van der Waals surface area contributed by atoms with E-state index in [-0.39, 0.29) is 18.1 Å². The summed E-state index contributed by atoms with van der Waals surface area (Å²) in [6, 6.07) is 18.3. The van der Waals surface area contributed by atoms with E-state index in [1.807, 2.05) is 50.2 Å². The Morgan fingerprint density at radius 1 is 1.00 bits per heavy atom. The van der Waals surface area contributed by atoms with Crippen LogP contribution in [0.3, 0.4) is 0 Å². The molecule has 1 aromatic heterocycles. The van der Waals surface area contributed by atoms with E-state index in [2.05, 4.69) is 45.7 Å². The number of ether oxygens (including phenoxy) is 3. The quantitative estimate of drug-likeness (QED) is 0.132. The molecule has 4 aromatic carbocycles. The van der Waals surface area contributed by atoms with Gasteiger partial charge >= 0.3 is 0 Å². The zero-order valence-electron chi connectivity index (χ0n) is 25.8. The Bertz CT molecular complexity index is 2030. The zero-order valence-corrected chi connectivity index (χ0v) is 30.5. The summed E-state index contributed by atoms with van der Waals surface area (Å²) in [5.41, 5.74) is 4.41. The molecule has 0 aliphatic rings. The Balaban J connectivity index is 1.61. The fraction of sp³-hybridized carbons (Fsp3) is 0.229. The third-order valence-electron chi connectivity index (χ3n) is 7.35. The van der Waals surface area contributed by atoms with Crippen LogP contribution in [0.5, 0.6) is 17.2 Å². The van der Waals surface area contributed by atoms with E-state index in [1.54, 1.807) is 37.6 Å². The number of halogens is 4. The number of nitrogens with zero attached hydrogens (tertiary/aromatic N) is 3. The number of rotatable bonds is 10. The molecule has 0 bridgehead atoms. The summed E-state index contributed by atoms with van der Waals surface area (Å²) in [6.07, 6.45) is 1.59. The average molecular weight is 788 g/mol. The van der Waals surface area contributed by atoms with Crippen molar-refractivity contribution in [2.75, 3.05) is 13.7 Å². The largest absolute Gasteiger partial charge is 0.494 e. The molecule has 7 nitrogen and oxygen atoms in total. The van der Waals surface area contributed by atoms with Gasteiger partial charge in [0.05, 0.1) is 35.3 Å². The van der Waals surface area contributed by atoms with Gasteiger partial charge in [-0.2, -0.15) is 9.78 Å². The zero-order chi connectivity index (χ0) is 33.1. The van der Waals surface area contributed by atoms with Crippen molar-refractivity contribution in [2.45, 2.75) is 40.2 Å². The summed E-state index contributed by atoms with van der Waals surface area (Å²) in [5, 5.41) is 6.20. The summed E-state index contributed by atoms with van der Waals surface area (Å²) in [6.45, 7) is 8.89. The molecular weight excluding hydrogens is 757 g/mol. The lowest BCUT2D eigenvalue weighted by Gasteiger charge is -2.18. The molecule has 0 spiro atoms. The fourth-order valence-electron chi connectivity index (χ4n) is 4.97. The van der Waals surface area contributed by atoms with Crippen LogP contribution in [0.15, 0.2) is 79.5 Å². The maximum atomic E-state index is 13.9. The second-order valence-corrected chi connectivity index (χ2v) is 13.2. The van der Waals surface area contributed by atoms with Crippen LogP contribution in [0, 0.1) is 6.92 Å². The van der Waals surface area contributed by atoms with Gasteiger partial charge in [0, 0.05) is 31.2 Å². The SMILES string of the molecule is CCOc1cc(C)c(-c2nc3ccccc3c(=O)n2N=Cc2cc(OC)c(OCc3ccc(Cl)cc3Cl)c(Br)c2Br)cc1C(C)C. The lowest BCUT2D eigenvalue weighted by Crippen LogP contribution is -2.21. The highest BCUT2D eigenvalue weighted by Gasteiger charge is 2.20. The summed E-state index contributed by atoms with van der Waals surface area (Å²) in [4.78, 5) is 18.9. The first-order chi connectivity index (χ1) is 22.0. The van der Waals surface area contributed by atoms with Gasteiger partial charge in [0.25, 0.3) is 5.56 Å². The summed E-state index contributed by atoms with van der Waals surface area (Å²) in [5.74, 6) is 2.34. The standard InChI is InChI=1S/C35H31Br2Cl2N3O4/c1-6-45-29-13-20(4)26(16-25(29)19(2)3)34-41-28-10-8-7-9-24(28)35(43)42(34)40-17-22-14-30(44-5)33(32(37)31(22)36)46-18-21-11-12-23(38)15-27(21)39/h7-17,19H,6,18H2,1-5H3. The third-order valence-corrected chi connectivity index (χ3v) is 10.1. The van der Waals surface area contributed by atoms with Crippen LogP contribution in [0.4, 0.5) is 0 Å². The Kier molecular flexibility index (Phi) is 10.8. The second-order valence-electron chi connectivity index (χ2n) is 10.8. The van der Waals surface area contributed by atoms with Gasteiger partial charge in [0.15, 0.2) is 17.3 Å². The molecule has 1 heterocycles. The molecule has 0 unspecified atom stereocenters. The maximum Gasteiger partial charge on any atom is 0.282 e. The molecule has 0 aliphatic heterocycles. The normalized spacial score (nSPS) is 11.5. The van der Waals surface area contributed by atoms with E-state index >= 15 is 0 Å². The molecule has 5 rings (SSSR count). The average Bonchev–Trinajstić information content (AvgIpc) is 3.02. The van der Waals surface area contributed by atoms with E-state index < -0.39 is 0 Å². The molecule has 46 heavy (non-hydrogen) atoms. The number of aromatic nitrogens is 2. The van der Waals surface area contributed by atoms with Crippen LogP contribution in [0.2, 0.25) is 10.0 Å². The van der Waals surface area contributed by atoms with Gasteiger partial charge in [-0.3, -0.25) is 4.79 Å². The number of hydrogen-bond donors (Lipinski definition) is 0. The highest BCUT2D eigenvalue weighted by atomic mass is 79.9. The Morgan fingerprint density at radius 3 is 2.46 bits per heavy atom. The summed E-state index contributed by atoms with van der Waals surface area (Å²) >= 11 is 19.7. The molecule has 0 N–H and O–H groups in total. The van der Waals surface area contributed by atoms with Crippen molar-refractivity contribution in [2.24, 2.45) is 5.10 Å². The molecule has 0 atom stereocenters. The van der Waals surface area contributed by atoms with Crippen molar-refractivity contribution in [1.82, 2.24) is 9.66 Å². The van der Waals surface area contributed by atoms with Crippen LogP contribution < -0.4 is 19.8 Å². The molecule has 0 radical (unpaired) electrons. The smallest absolute Gasteiger partial charge is 0.282 e. The molecule has 0 saturated heterocycles. The van der Waals surface area contributed by atoms with Crippen LogP contribution in [0.1, 0.15) is 48.9 Å². The maximum absolute atomic E-state index is 13.9. The Hall–Kier alpha value is -3.37. The van der Waals surface area contributed by atoms with Crippen LogP contribution in [0.25, 0.3) is 22.3 Å². The van der Waals surface area contributed by atoms with E-state index in [0.29, 0.717) is 59.4 Å². The first kappa shape index (κ1) is 34.0. The Labute approximate surface area is 294 Å². The van der Waals surface area contributed by atoms with E-state index in [0.717, 1.165) is 28.0 Å². The molecule has 0 amide bonds. The molecule has 0 fully saturated rings. The van der Waals surface area contributed by atoms with Gasteiger partial charge in [-0.15, -0.1) is 0 Å². The van der Waals surface area contributed by atoms with Crippen molar-refractivity contribution in [3.63, 3.8) is 0 Å². The molecule has 0 aliphatic carbocycles. The Morgan fingerprint density at radius 2 is 1.76 bits per heavy atom. The van der Waals surface area contributed by atoms with Crippen LogP contribution in [-0.2, 0) is 6.61 Å². The first-order valence-electron chi connectivity index (χ1n) is 14.5. The van der Waals surface area contributed by atoms with Gasteiger partial charge in [-0.25, -0.2) is 4.98 Å². The summed E-state index contributed by atoms with van der Waals surface area (Å²) in [7, 11) is 1.55. The molecular formula is C35H31Br2Cl2N3O4.